The molecule has 3 aromatic carbocycles. The van der Waals surface area contributed by atoms with Gasteiger partial charge in [0.25, 0.3) is 0 Å². The van der Waals surface area contributed by atoms with Crippen molar-refractivity contribution in [3.63, 3.8) is 0 Å². The summed E-state index contributed by atoms with van der Waals surface area (Å²) in [7, 11) is -3.74. The molecule has 0 aliphatic carbocycles. The highest BCUT2D eigenvalue weighted by Crippen LogP contribution is 2.30. The molecular formula is C23H16ClN3O3S. The number of fused-ring (bicyclic) bond motifs is 1. The fourth-order valence-corrected chi connectivity index (χ4v) is 4.29. The van der Waals surface area contributed by atoms with Crippen molar-refractivity contribution >= 4 is 32.5 Å². The highest BCUT2D eigenvalue weighted by molar-refractivity contribution is 7.89. The van der Waals surface area contributed by atoms with Crippen molar-refractivity contribution in [2.45, 2.75) is 11.4 Å². The summed E-state index contributed by atoms with van der Waals surface area (Å²) in [5.41, 5.74) is 1.85. The van der Waals surface area contributed by atoms with Crippen molar-refractivity contribution in [1.82, 2.24) is 9.71 Å². The summed E-state index contributed by atoms with van der Waals surface area (Å²) in [6, 6.07) is 22.2. The molecule has 8 heteroatoms. The molecule has 0 atom stereocenters. The summed E-state index contributed by atoms with van der Waals surface area (Å²) in [5.74, 6) is 0.686. The fraction of sp³-hybridized carbons (Fsp3) is 0.0435. The van der Waals surface area contributed by atoms with E-state index in [2.05, 4.69) is 9.71 Å². The zero-order valence-corrected chi connectivity index (χ0v) is 17.7. The van der Waals surface area contributed by atoms with Crippen LogP contribution in [0.5, 0.6) is 11.5 Å². The van der Waals surface area contributed by atoms with Gasteiger partial charge in [-0.05, 0) is 54.1 Å². The van der Waals surface area contributed by atoms with Crippen LogP contribution >= 0.6 is 11.6 Å². The standard InChI is InChI=1S/C23H16ClN3O3S/c24-21-5-3-7-23(20(21)14-25)30-17-8-10-18(11-9-17)31(28,29)27-15-16-12-13-26-22-6-2-1-4-19(16)22/h1-13,27H,15H2. The van der Waals surface area contributed by atoms with Crippen LogP contribution in [0.1, 0.15) is 11.1 Å². The molecule has 0 bridgehead atoms. The molecule has 31 heavy (non-hydrogen) atoms. The lowest BCUT2D eigenvalue weighted by molar-refractivity contribution is 0.480. The summed E-state index contributed by atoms with van der Waals surface area (Å²) in [4.78, 5) is 4.39. The molecule has 0 saturated heterocycles. The van der Waals surface area contributed by atoms with Crippen molar-refractivity contribution in [1.29, 1.82) is 5.26 Å². The molecule has 0 spiro atoms. The van der Waals surface area contributed by atoms with Gasteiger partial charge in [0.2, 0.25) is 10.0 Å². The second-order valence-electron chi connectivity index (χ2n) is 6.61. The van der Waals surface area contributed by atoms with Gasteiger partial charge in [0.15, 0.2) is 0 Å². The quantitative estimate of drug-likeness (QED) is 0.445. The number of para-hydroxylation sites is 1. The predicted molar refractivity (Wildman–Crippen MR) is 118 cm³/mol. The van der Waals surface area contributed by atoms with E-state index >= 15 is 0 Å². The number of sulfonamides is 1. The van der Waals surface area contributed by atoms with Gasteiger partial charge in [0, 0.05) is 18.1 Å². The molecular weight excluding hydrogens is 434 g/mol. The number of pyridine rings is 1. The Kier molecular flexibility index (Phi) is 5.87. The Morgan fingerprint density at radius 1 is 1.00 bits per heavy atom. The lowest BCUT2D eigenvalue weighted by Gasteiger charge is -2.11. The van der Waals surface area contributed by atoms with Crippen molar-refractivity contribution in [2.75, 3.05) is 0 Å². The molecule has 1 N–H and O–H groups in total. The van der Waals surface area contributed by atoms with Crippen molar-refractivity contribution in [3.8, 4) is 17.6 Å². The fourth-order valence-electron chi connectivity index (χ4n) is 3.08. The maximum Gasteiger partial charge on any atom is 0.240 e. The smallest absolute Gasteiger partial charge is 0.240 e. The van der Waals surface area contributed by atoms with E-state index in [-0.39, 0.29) is 22.0 Å². The number of ether oxygens (including phenoxy) is 1. The Hall–Kier alpha value is -3.44. The van der Waals surface area contributed by atoms with E-state index in [4.69, 9.17) is 16.3 Å². The molecule has 4 rings (SSSR count). The first-order chi connectivity index (χ1) is 15.0. The number of benzene rings is 3. The first-order valence-corrected chi connectivity index (χ1v) is 11.1. The molecule has 0 radical (unpaired) electrons. The van der Waals surface area contributed by atoms with E-state index in [9.17, 15) is 13.7 Å². The van der Waals surface area contributed by atoms with Crippen LogP contribution in [0, 0.1) is 11.3 Å². The topological polar surface area (TPSA) is 92.1 Å². The molecule has 154 valence electrons. The van der Waals surface area contributed by atoms with Gasteiger partial charge in [0.1, 0.15) is 23.1 Å². The zero-order valence-electron chi connectivity index (χ0n) is 16.1. The van der Waals surface area contributed by atoms with Crippen LogP contribution in [0.3, 0.4) is 0 Å². The maximum absolute atomic E-state index is 12.7. The number of aromatic nitrogens is 1. The Balaban J connectivity index is 1.51. The molecule has 1 aromatic heterocycles. The van der Waals surface area contributed by atoms with E-state index in [1.165, 1.54) is 24.3 Å². The van der Waals surface area contributed by atoms with E-state index in [0.717, 1.165) is 16.5 Å². The van der Waals surface area contributed by atoms with Crippen LogP contribution < -0.4 is 9.46 Å². The van der Waals surface area contributed by atoms with Crippen LogP contribution in [0.25, 0.3) is 10.9 Å². The van der Waals surface area contributed by atoms with E-state index < -0.39 is 10.0 Å². The number of nitrogens with zero attached hydrogens (tertiary/aromatic N) is 2. The average Bonchev–Trinajstić information content (AvgIpc) is 2.78. The number of halogens is 1. The second-order valence-corrected chi connectivity index (χ2v) is 8.78. The molecule has 0 fully saturated rings. The van der Waals surface area contributed by atoms with Gasteiger partial charge in [-0.15, -0.1) is 0 Å². The second kappa shape index (κ2) is 8.74. The van der Waals surface area contributed by atoms with Gasteiger partial charge in [-0.2, -0.15) is 5.26 Å². The first-order valence-electron chi connectivity index (χ1n) is 9.27. The Labute approximate surface area is 184 Å². The number of nitrogens with one attached hydrogen (secondary N) is 1. The Bertz CT molecular complexity index is 1390. The number of hydrogen-bond donors (Lipinski definition) is 1. The van der Waals surface area contributed by atoms with Crippen LogP contribution in [-0.2, 0) is 16.6 Å². The summed E-state index contributed by atoms with van der Waals surface area (Å²) in [6.45, 7) is 0.137. The highest BCUT2D eigenvalue weighted by atomic mass is 35.5. The molecule has 1 heterocycles. The van der Waals surface area contributed by atoms with Gasteiger partial charge in [-0.1, -0.05) is 35.9 Å². The summed E-state index contributed by atoms with van der Waals surface area (Å²) >= 11 is 6.01. The molecule has 0 aliphatic heterocycles. The minimum atomic E-state index is -3.74. The lowest BCUT2D eigenvalue weighted by atomic mass is 10.1. The van der Waals surface area contributed by atoms with Crippen molar-refractivity contribution < 1.29 is 13.2 Å². The van der Waals surface area contributed by atoms with Crippen molar-refractivity contribution in [2.24, 2.45) is 0 Å². The normalized spacial score (nSPS) is 11.2. The third-order valence-corrected chi connectivity index (χ3v) is 6.37. The molecule has 4 aromatic rings. The van der Waals surface area contributed by atoms with Crippen LogP contribution in [0.4, 0.5) is 0 Å². The Morgan fingerprint density at radius 2 is 1.77 bits per heavy atom. The monoisotopic (exact) mass is 449 g/mol. The Morgan fingerprint density at radius 3 is 2.55 bits per heavy atom. The molecule has 0 saturated carbocycles. The first kappa shape index (κ1) is 20.8. The lowest BCUT2D eigenvalue weighted by Crippen LogP contribution is -2.23. The average molecular weight is 450 g/mol. The molecule has 6 nitrogen and oxygen atoms in total. The van der Waals surface area contributed by atoms with Gasteiger partial charge in [-0.3, -0.25) is 4.98 Å². The molecule has 0 unspecified atom stereocenters. The summed E-state index contributed by atoms with van der Waals surface area (Å²) in [5, 5.41) is 10.4. The van der Waals surface area contributed by atoms with Gasteiger partial charge >= 0.3 is 0 Å². The van der Waals surface area contributed by atoms with Gasteiger partial charge < -0.3 is 4.74 Å². The summed E-state index contributed by atoms with van der Waals surface area (Å²) in [6.07, 6.45) is 1.66. The molecule has 0 amide bonds. The minimum Gasteiger partial charge on any atom is -0.456 e. The number of rotatable bonds is 6. The van der Waals surface area contributed by atoms with E-state index in [1.807, 2.05) is 30.3 Å². The maximum atomic E-state index is 12.7. The zero-order chi connectivity index (χ0) is 21.8. The predicted octanol–water partition coefficient (Wildman–Crippen LogP) is 5.03. The third-order valence-electron chi connectivity index (χ3n) is 4.64. The van der Waals surface area contributed by atoms with Crippen LogP contribution in [0.15, 0.2) is 83.9 Å². The SMILES string of the molecule is N#Cc1c(Cl)cccc1Oc1ccc(S(=O)(=O)NCc2ccnc3ccccc23)cc1. The largest absolute Gasteiger partial charge is 0.456 e. The highest BCUT2D eigenvalue weighted by Gasteiger charge is 2.15. The molecule has 0 aliphatic rings. The van der Waals surface area contributed by atoms with Crippen LogP contribution in [-0.4, -0.2) is 13.4 Å². The minimum absolute atomic E-state index is 0.102. The van der Waals surface area contributed by atoms with E-state index in [1.54, 1.807) is 30.5 Å². The van der Waals surface area contributed by atoms with Crippen LogP contribution in [0.2, 0.25) is 5.02 Å². The number of hydrogen-bond acceptors (Lipinski definition) is 5. The van der Waals surface area contributed by atoms with Crippen molar-refractivity contribution in [3.05, 3.63) is 95.1 Å². The third kappa shape index (κ3) is 4.52. The summed E-state index contributed by atoms with van der Waals surface area (Å²) < 4.78 is 33.8. The van der Waals surface area contributed by atoms with Gasteiger partial charge in [0.05, 0.1) is 15.4 Å². The van der Waals surface area contributed by atoms with E-state index in [0.29, 0.717) is 11.5 Å². The number of nitriles is 1. The van der Waals surface area contributed by atoms with Gasteiger partial charge in [-0.25, -0.2) is 13.1 Å².